The molecule has 1 aliphatic heterocycles. The van der Waals surface area contributed by atoms with Gasteiger partial charge in [-0.2, -0.15) is 0 Å². The highest BCUT2D eigenvalue weighted by molar-refractivity contribution is 7.89. The number of rotatable bonds is 8. The highest BCUT2D eigenvalue weighted by atomic mass is 32.2. The van der Waals surface area contributed by atoms with Crippen molar-refractivity contribution in [2.75, 3.05) is 43.9 Å². The summed E-state index contributed by atoms with van der Waals surface area (Å²) >= 11 is 0. The Morgan fingerprint density at radius 1 is 1.17 bits per heavy atom. The second-order valence-corrected chi connectivity index (χ2v) is 9.26. The van der Waals surface area contributed by atoms with Crippen LogP contribution in [0, 0.1) is 0 Å². The number of benzene rings is 1. The van der Waals surface area contributed by atoms with Crippen LogP contribution in [0.3, 0.4) is 0 Å². The van der Waals surface area contributed by atoms with Crippen molar-refractivity contribution in [2.45, 2.75) is 33.4 Å². The molecule has 3 rings (SSSR count). The maximum atomic E-state index is 11.9. The number of nitrogens with zero attached hydrogens (tertiary/aromatic N) is 5. The molecule has 160 valence electrons. The zero-order valence-corrected chi connectivity index (χ0v) is 18.3. The summed E-state index contributed by atoms with van der Waals surface area (Å²) in [4.78, 5) is 4.65. The number of piperazine rings is 1. The monoisotopic (exact) mass is 422 g/mol. The molecule has 0 saturated carbocycles. The lowest BCUT2D eigenvalue weighted by Gasteiger charge is -2.34. The van der Waals surface area contributed by atoms with Gasteiger partial charge in [0.05, 0.1) is 11.8 Å². The second-order valence-electron chi connectivity index (χ2n) is 7.22. The molecule has 1 saturated heterocycles. The van der Waals surface area contributed by atoms with Crippen molar-refractivity contribution in [3.8, 4) is 11.8 Å². The number of sulfonamides is 1. The van der Waals surface area contributed by atoms with E-state index in [4.69, 9.17) is 4.74 Å². The Balaban J connectivity index is 1.77. The lowest BCUT2D eigenvalue weighted by atomic mass is 10.2. The van der Waals surface area contributed by atoms with Gasteiger partial charge in [-0.25, -0.2) is 13.1 Å². The molecule has 1 atom stereocenters. The maximum absolute atomic E-state index is 11.9. The van der Waals surface area contributed by atoms with E-state index in [-0.39, 0.29) is 5.75 Å². The molecular formula is C19H30N6O3S. The molecule has 0 spiro atoms. The Labute approximate surface area is 172 Å². The maximum Gasteiger partial charge on any atom is 0.322 e. The highest BCUT2D eigenvalue weighted by Gasteiger charge is 2.22. The van der Waals surface area contributed by atoms with E-state index in [9.17, 15) is 8.42 Å². The fourth-order valence-electron chi connectivity index (χ4n) is 3.31. The number of ether oxygens (including phenoxy) is 1. The van der Waals surface area contributed by atoms with Crippen LogP contribution in [0.4, 0.5) is 5.69 Å². The van der Waals surface area contributed by atoms with E-state index < -0.39 is 16.1 Å². The molecule has 0 unspecified atom stereocenters. The van der Waals surface area contributed by atoms with Crippen molar-refractivity contribution < 1.29 is 13.2 Å². The fourth-order valence-corrected chi connectivity index (χ4v) is 4.12. The molecule has 1 fully saturated rings. The molecule has 0 aliphatic carbocycles. The lowest BCUT2D eigenvalue weighted by Crippen LogP contribution is -2.44. The van der Waals surface area contributed by atoms with Gasteiger partial charge in [-0.15, -0.1) is 5.10 Å². The largest absolute Gasteiger partial charge is 0.424 e. The van der Waals surface area contributed by atoms with Gasteiger partial charge >= 0.3 is 6.01 Å². The van der Waals surface area contributed by atoms with Crippen LogP contribution >= 0.6 is 0 Å². The first-order valence-corrected chi connectivity index (χ1v) is 11.6. The quantitative estimate of drug-likeness (QED) is 0.694. The summed E-state index contributed by atoms with van der Waals surface area (Å²) in [7, 11) is -1.21. The normalized spacial score (nSPS) is 16.8. The standard InChI is InChI=1S/C19H30N6O3S/c1-5-25-18(15(3)22-29(26,27)6-2)20-21-19(25)28-17-9-7-8-16(14-17)24-12-10-23(4)11-13-24/h7-9,14-15,22H,5-6,10-13H2,1-4H3/t15-/m1/s1. The predicted octanol–water partition coefficient (Wildman–Crippen LogP) is 1.84. The Hall–Kier alpha value is -2.17. The SMILES string of the molecule is CCn1c(Oc2cccc(N3CCN(C)CC3)c2)nnc1[C@@H](C)NS(=O)(=O)CC. The summed E-state index contributed by atoms with van der Waals surface area (Å²) in [5.41, 5.74) is 1.11. The molecule has 1 aromatic heterocycles. The van der Waals surface area contributed by atoms with Crippen LogP contribution in [0.1, 0.15) is 32.6 Å². The smallest absolute Gasteiger partial charge is 0.322 e. The minimum atomic E-state index is -3.34. The van der Waals surface area contributed by atoms with E-state index in [1.165, 1.54) is 0 Å². The average molecular weight is 423 g/mol. The molecule has 1 aromatic carbocycles. The first-order valence-electron chi connectivity index (χ1n) is 9.97. The third-order valence-electron chi connectivity index (χ3n) is 5.08. The van der Waals surface area contributed by atoms with Crippen LogP contribution in [-0.4, -0.2) is 67.1 Å². The lowest BCUT2D eigenvalue weighted by molar-refractivity contribution is 0.312. The summed E-state index contributed by atoms with van der Waals surface area (Å²) in [5, 5.41) is 8.31. The molecular weight excluding hydrogens is 392 g/mol. The Kier molecular flexibility index (Phi) is 6.76. The van der Waals surface area contributed by atoms with Crippen LogP contribution < -0.4 is 14.4 Å². The second kappa shape index (κ2) is 9.10. The molecule has 2 heterocycles. The summed E-state index contributed by atoms with van der Waals surface area (Å²) in [6, 6.07) is 7.78. The number of nitrogens with one attached hydrogen (secondary N) is 1. The molecule has 0 radical (unpaired) electrons. The van der Waals surface area contributed by atoms with Crippen molar-refractivity contribution in [1.29, 1.82) is 0 Å². The number of anilines is 1. The Morgan fingerprint density at radius 2 is 1.90 bits per heavy atom. The number of hydrogen-bond donors (Lipinski definition) is 1. The number of aromatic nitrogens is 3. The molecule has 10 heteroatoms. The average Bonchev–Trinajstić information content (AvgIpc) is 3.11. The molecule has 9 nitrogen and oxygen atoms in total. The van der Waals surface area contributed by atoms with Gasteiger partial charge in [0.1, 0.15) is 5.75 Å². The highest BCUT2D eigenvalue weighted by Crippen LogP contribution is 2.27. The fraction of sp³-hybridized carbons (Fsp3) is 0.579. The van der Waals surface area contributed by atoms with Crippen LogP contribution in [0.15, 0.2) is 24.3 Å². The molecule has 0 amide bonds. The molecule has 29 heavy (non-hydrogen) atoms. The van der Waals surface area contributed by atoms with Crippen LogP contribution in [0.25, 0.3) is 0 Å². The van der Waals surface area contributed by atoms with Crippen molar-refractivity contribution in [2.24, 2.45) is 0 Å². The van der Waals surface area contributed by atoms with Gasteiger partial charge in [0.25, 0.3) is 0 Å². The Morgan fingerprint density at radius 3 is 2.55 bits per heavy atom. The van der Waals surface area contributed by atoms with Crippen LogP contribution in [0.5, 0.6) is 11.8 Å². The predicted molar refractivity (Wildman–Crippen MR) is 113 cm³/mol. The Bertz CT molecular complexity index is 922. The van der Waals surface area contributed by atoms with E-state index in [0.717, 1.165) is 31.9 Å². The van der Waals surface area contributed by atoms with Crippen molar-refractivity contribution >= 4 is 15.7 Å². The van der Waals surface area contributed by atoms with Gasteiger partial charge in [-0.1, -0.05) is 11.2 Å². The summed E-state index contributed by atoms with van der Waals surface area (Å²) in [6.07, 6.45) is 0. The molecule has 1 N–H and O–H groups in total. The van der Waals surface area contributed by atoms with E-state index in [1.54, 1.807) is 18.4 Å². The van der Waals surface area contributed by atoms with Crippen LogP contribution in [-0.2, 0) is 16.6 Å². The number of likely N-dealkylation sites (N-methyl/N-ethyl adjacent to an activating group) is 1. The topological polar surface area (TPSA) is 92.6 Å². The van der Waals surface area contributed by atoms with E-state index >= 15 is 0 Å². The minimum absolute atomic E-state index is 0.0139. The minimum Gasteiger partial charge on any atom is -0.424 e. The van der Waals surface area contributed by atoms with E-state index in [2.05, 4.69) is 37.8 Å². The third-order valence-corrected chi connectivity index (χ3v) is 6.55. The van der Waals surface area contributed by atoms with Gasteiger partial charge in [0.2, 0.25) is 10.0 Å². The zero-order valence-electron chi connectivity index (χ0n) is 17.5. The summed E-state index contributed by atoms with van der Waals surface area (Å²) in [6.45, 7) is 9.88. The van der Waals surface area contributed by atoms with Gasteiger partial charge in [-0.3, -0.25) is 4.57 Å². The summed E-state index contributed by atoms with van der Waals surface area (Å²) < 4.78 is 34.2. The van der Waals surface area contributed by atoms with Gasteiger partial charge in [-0.05, 0) is 40.0 Å². The van der Waals surface area contributed by atoms with Crippen molar-refractivity contribution in [3.63, 3.8) is 0 Å². The van der Waals surface area contributed by atoms with Crippen LogP contribution in [0.2, 0.25) is 0 Å². The zero-order chi connectivity index (χ0) is 21.0. The summed E-state index contributed by atoms with van der Waals surface area (Å²) in [5.74, 6) is 1.21. The van der Waals surface area contributed by atoms with E-state index in [1.807, 2.05) is 25.1 Å². The van der Waals surface area contributed by atoms with Gasteiger partial charge < -0.3 is 14.5 Å². The number of hydrogen-bond acceptors (Lipinski definition) is 7. The van der Waals surface area contributed by atoms with Gasteiger partial charge in [0.15, 0.2) is 5.82 Å². The van der Waals surface area contributed by atoms with Crippen molar-refractivity contribution in [3.05, 3.63) is 30.1 Å². The first-order chi connectivity index (χ1) is 13.8. The molecule has 1 aliphatic rings. The van der Waals surface area contributed by atoms with E-state index in [0.29, 0.717) is 24.1 Å². The molecule has 0 bridgehead atoms. The first kappa shape index (κ1) is 21.5. The third kappa shape index (κ3) is 5.26. The molecule has 2 aromatic rings. The van der Waals surface area contributed by atoms with Crippen molar-refractivity contribution in [1.82, 2.24) is 24.4 Å². The van der Waals surface area contributed by atoms with Gasteiger partial charge in [0, 0.05) is 44.5 Å².